The van der Waals surface area contributed by atoms with Crippen molar-refractivity contribution in [2.45, 2.75) is 92.3 Å². The largest absolute Gasteiger partial charge is 0.508 e. The highest BCUT2D eigenvalue weighted by molar-refractivity contribution is 6.00. The summed E-state index contributed by atoms with van der Waals surface area (Å²) in [6.07, 6.45) is 0.860. The van der Waals surface area contributed by atoms with Gasteiger partial charge >= 0.3 is 6.09 Å². The number of amides is 3. The molecule has 8 heteroatoms. The lowest BCUT2D eigenvalue weighted by atomic mass is 9.96. The van der Waals surface area contributed by atoms with Crippen molar-refractivity contribution in [1.29, 1.82) is 0 Å². The SMILES string of the molecule is CCCCN(C(=O)C(Cc1ccc(O)cc1)NC(=O)OC(C)(C)C)C(C(=O)Nc1c(C)cccc1C)c1cc(C)cc(C)c1. The number of benzene rings is 3. The molecule has 3 aromatic rings. The molecule has 0 bridgehead atoms. The van der Waals surface area contributed by atoms with Gasteiger partial charge in [-0.05, 0) is 89.3 Å². The Morgan fingerprint density at radius 2 is 1.50 bits per heavy atom. The fourth-order valence-corrected chi connectivity index (χ4v) is 5.26. The second-order valence-corrected chi connectivity index (χ2v) is 12.5. The van der Waals surface area contributed by atoms with E-state index < -0.39 is 29.7 Å². The maximum absolute atomic E-state index is 14.6. The molecule has 3 rings (SSSR count). The summed E-state index contributed by atoms with van der Waals surface area (Å²) < 4.78 is 5.53. The van der Waals surface area contributed by atoms with Gasteiger partial charge in [-0.2, -0.15) is 0 Å². The summed E-state index contributed by atoms with van der Waals surface area (Å²) in [6, 6.07) is 16.2. The normalized spacial score (nSPS) is 12.6. The summed E-state index contributed by atoms with van der Waals surface area (Å²) in [4.78, 5) is 43.6. The van der Waals surface area contributed by atoms with Crippen LogP contribution in [0.4, 0.5) is 10.5 Å². The first kappa shape index (κ1) is 34.2. The van der Waals surface area contributed by atoms with Crippen molar-refractivity contribution in [3.8, 4) is 5.75 Å². The van der Waals surface area contributed by atoms with Gasteiger partial charge in [-0.15, -0.1) is 0 Å². The Bertz CT molecular complexity index is 1420. The minimum Gasteiger partial charge on any atom is -0.508 e. The van der Waals surface area contributed by atoms with Crippen molar-refractivity contribution in [2.75, 3.05) is 11.9 Å². The predicted molar refractivity (Wildman–Crippen MR) is 175 cm³/mol. The molecule has 3 N–H and O–H groups in total. The third-order valence-electron chi connectivity index (χ3n) is 7.25. The third-order valence-corrected chi connectivity index (χ3v) is 7.25. The summed E-state index contributed by atoms with van der Waals surface area (Å²) in [7, 11) is 0. The molecule has 3 aromatic carbocycles. The Labute approximate surface area is 261 Å². The van der Waals surface area contributed by atoms with Crippen molar-refractivity contribution < 1.29 is 24.2 Å². The van der Waals surface area contributed by atoms with Crippen molar-refractivity contribution in [3.63, 3.8) is 0 Å². The topological polar surface area (TPSA) is 108 Å². The van der Waals surface area contributed by atoms with E-state index in [1.54, 1.807) is 37.8 Å². The summed E-state index contributed by atoms with van der Waals surface area (Å²) >= 11 is 0. The Balaban J connectivity index is 2.12. The Morgan fingerprint density at radius 3 is 2.05 bits per heavy atom. The smallest absolute Gasteiger partial charge is 0.408 e. The molecule has 0 aromatic heterocycles. The molecule has 0 aliphatic heterocycles. The molecule has 0 aliphatic rings. The van der Waals surface area contributed by atoms with Crippen LogP contribution in [0.15, 0.2) is 60.7 Å². The van der Waals surface area contributed by atoms with Crippen molar-refractivity contribution in [3.05, 3.63) is 94.0 Å². The van der Waals surface area contributed by atoms with Crippen LogP contribution < -0.4 is 10.6 Å². The molecule has 8 nitrogen and oxygen atoms in total. The number of alkyl carbamates (subject to hydrolysis) is 1. The van der Waals surface area contributed by atoms with Gasteiger partial charge in [-0.3, -0.25) is 9.59 Å². The number of carbonyl (C=O) groups is 3. The van der Waals surface area contributed by atoms with E-state index in [4.69, 9.17) is 4.74 Å². The maximum Gasteiger partial charge on any atom is 0.408 e. The first-order valence-corrected chi connectivity index (χ1v) is 15.2. The van der Waals surface area contributed by atoms with Gasteiger partial charge in [0.25, 0.3) is 5.91 Å². The fraction of sp³-hybridized carbons (Fsp3) is 0.417. The number of aryl methyl sites for hydroxylation is 4. The standard InChI is InChI=1S/C36H47N3O5/c1-9-10-18-39(34(42)30(37-35(43)44-36(6,7)8)22-27-14-16-29(40)17-15-27)32(28-20-23(2)19-24(3)21-28)33(41)38-31-25(4)12-11-13-26(31)5/h11-17,19-21,30,32,40H,9-10,18,22H2,1-8H3,(H,37,43)(H,38,41). The molecule has 44 heavy (non-hydrogen) atoms. The number of phenols is 1. The van der Waals surface area contributed by atoms with Crippen LogP contribution in [-0.2, 0) is 20.7 Å². The molecule has 0 spiro atoms. The number of hydrogen-bond donors (Lipinski definition) is 3. The van der Waals surface area contributed by atoms with Gasteiger partial charge in [0.2, 0.25) is 5.91 Å². The van der Waals surface area contributed by atoms with E-state index in [-0.39, 0.29) is 18.1 Å². The van der Waals surface area contributed by atoms with Gasteiger partial charge < -0.3 is 25.4 Å². The van der Waals surface area contributed by atoms with Gasteiger partial charge in [0.1, 0.15) is 23.4 Å². The van der Waals surface area contributed by atoms with Crippen LogP contribution in [-0.4, -0.2) is 46.1 Å². The average molecular weight is 602 g/mol. The summed E-state index contributed by atoms with van der Waals surface area (Å²) in [5, 5.41) is 15.7. The quantitative estimate of drug-likeness (QED) is 0.218. The zero-order chi connectivity index (χ0) is 32.6. The van der Waals surface area contributed by atoms with Gasteiger partial charge in [-0.1, -0.05) is 73.0 Å². The highest BCUT2D eigenvalue weighted by Crippen LogP contribution is 2.29. The van der Waals surface area contributed by atoms with E-state index in [0.717, 1.165) is 34.2 Å². The van der Waals surface area contributed by atoms with Crippen LogP contribution in [0.3, 0.4) is 0 Å². The molecule has 0 radical (unpaired) electrons. The van der Waals surface area contributed by atoms with Gasteiger partial charge in [-0.25, -0.2) is 4.79 Å². The number of para-hydroxylation sites is 1. The lowest BCUT2D eigenvalue weighted by molar-refractivity contribution is -0.140. The zero-order valence-electron chi connectivity index (χ0n) is 27.3. The van der Waals surface area contributed by atoms with Crippen molar-refractivity contribution in [2.24, 2.45) is 0 Å². The molecular formula is C36H47N3O5. The highest BCUT2D eigenvalue weighted by atomic mass is 16.6. The molecule has 0 heterocycles. The monoisotopic (exact) mass is 601 g/mol. The highest BCUT2D eigenvalue weighted by Gasteiger charge is 2.36. The van der Waals surface area contributed by atoms with Gasteiger partial charge in [0, 0.05) is 18.7 Å². The minimum atomic E-state index is -1.03. The van der Waals surface area contributed by atoms with E-state index in [0.29, 0.717) is 24.2 Å². The van der Waals surface area contributed by atoms with Crippen LogP contribution in [0, 0.1) is 27.7 Å². The van der Waals surface area contributed by atoms with E-state index in [1.165, 1.54) is 12.1 Å². The van der Waals surface area contributed by atoms with E-state index in [2.05, 4.69) is 10.6 Å². The van der Waals surface area contributed by atoms with E-state index in [1.807, 2.05) is 71.0 Å². The van der Waals surface area contributed by atoms with Gasteiger partial charge in [0.15, 0.2) is 0 Å². The first-order valence-electron chi connectivity index (χ1n) is 15.2. The van der Waals surface area contributed by atoms with Crippen molar-refractivity contribution >= 4 is 23.6 Å². The first-order chi connectivity index (χ1) is 20.7. The molecular weight excluding hydrogens is 554 g/mol. The predicted octanol–water partition coefficient (Wildman–Crippen LogP) is 7.07. The molecule has 0 fully saturated rings. The fourth-order valence-electron chi connectivity index (χ4n) is 5.26. The van der Waals surface area contributed by atoms with E-state index >= 15 is 0 Å². The molecule has 0 aliphatic carbocycles. The number of ether oxygens (including phenoxy) is 1. The lowest BCUT2D eigenvalue weighted by Gasteiger charge is -2.35. The average Bonchev–Trinajstić information content (AvgIpc) is 2.92. The molecule has 236 valence electrons. The van der Waals surface area contributed by atoms with Gasteiger partial charge in [0.05, 0.1) is 0 Å². The van der Waals surface area contributed by atoms with Crippen LogP contribution in [0.25, 0.3) is 0 Å². The number of nitrogens with one attached hydrogen (secondary N) is 2. The van der Waals surface area contributed by atoms with Crippen LogP contribution in [0.1, 0.15) is 80.0 Å². The number of nitrogens with zero attached hydrogens (tertiary/aromatic N) is 1. The Morgan fingerprint density at radius 1 is 0.909 bits per heavy atom. The second-order valence-electron chi connectivity index (χ2n) is 12.5. The summed E-state index contributed by atoms with van der Waals surface area (Å²) in [6.45, 7) is 15.4. The maximum atomic E-state index is 14.6. The van der Waals surface area contributed by atoms with E-state index in [9.17, 15) is 19.5 Å². The summed E-state index contributed by atoms with van der Waals surface area (Å²) in [5.74, 6) is -0.643. The molecule has 3 amide bonds. The number of anilines is 1. The molecule has 2 unspecified atom stereocenters. The Kier molecular flexibility index (Phi) is 11.6. The molecule has 2 atom stereocenters. The third kappa shape index (κ3) is 9.59. The second kappa shape index (κ2) is 14.9. The van der Waals surface area contributed by atoms with Crippen LogP contribution >= 0.6 is 0 Å². The molecule has 0 saturated carbocycles. The zero-order valence-corrected chi connectivity index (χ0v) is 27.3. The summed E-state index contributed by atoms with van der Waals surface area (Å²) in [5.41, 5.74) is 5.14. The van der Waals surface area contributed by atoms with Crippen LogP contribution in [0.5, 0.6) is 5.75 Å². The number of phenolic OH excluding ortho intramolecular Hbond substituents is 1. The number of rotatable bonds is 11. The molecule has 0 saturated heterocycles. The number of hydrogen-bond acceptors (Lipinski definition) is 5. The Hall–Kier alpha value is -4.33. The van der Waals surface area contributed by atoms with Crippen molar-refractivity contribution in [1.82, 2.24) is 10.2 Å². The lowest BCUT2D eigenvalue weighted by Crippen LogP contribution is -2.53. The van der Waals surface area contributed by atoms with Crippen LogP contribution in [0.2, 0.25) is 0 Å². The minimum absolute atomic E-state index is 0.0966. The number of aromatic hydroxyl groups is 1. The number of unbranched alkanes of at least 4 members (excludes halogenated alkanes) is 1. The number of carbonyl (C=O) groups excluding carboxylic acids is 3.